The number of alkyl halides is 1. The molecule has 0 fully saturated rings. The van der Waals surface area contributed by atoms with Gasteiger partial charge < -0.3 is 0 Å². The van der Waals surface area contributed by atoms with Crippen LogP contribution in [0.1, 0.15) is 23.1 Å². The van der Waals surface area contributed by atoms with Crippen molar-refractivity contribution in [3.05, 3.63) is 108 Å². The first-order valence-electron chi connectivity index (χ1n) is 7.80. The average Bonchev–Trinajstić information content (AvgIpc) is 2.62. The highest BCUT2D eigenvalue weighted by atomic mass is 79.9. The molecule has 2 heteroatoms. The highest BCUT2D eigenvalue weighted by molar-refractivity contribution is 9.10. The topological polar surface area (TPSA) is 0 Å². The first kappa shape index (κ1) is 16.4. The van der Waals surface area contributed by atoms with Crippen molar-refractivity contribution in [1.82, 2.24) is 0 Å². The fourth-order valence-electron chi connectivity index (χ4n) is 3.31. The zero-order valence-electron chi connectivity index (χ0n) is 12.9. The van der Waals surface area contributed by atoms with Crippen LogP contribution in [-0.2, 0) is 5.41 Å². The second-order valence-corrected chi connectivity index (χ2v) is 8.68. The second kappa shape index (κ2) is 7.43. The smallest absolute Gasteiger partial charge is 0.0465 e. The highest BCUT2D eigenvalue weighted by Gasteiger charge is 2.36. The van der Waals surface area contributed by atoms with Crippen LogP contribution in [0.25, 0.3) is 0 Å². The summed E-state index contributed by atoms with van der Waals surface area (Å²) in [5, 5.41) is 0. The van der Waals surface area contributed by atoms with Crippen molar-refractivity contribution in [1.29, 1.82) is 0 Å². The minimum atomic E-state index is -0.167. The molecule has 2 unspecified atom stereocenters. The molecule has 0 aromatic heterocycles. The zero-order chi connectivity index (χ0) is 16.1. The molecule has 0 radical (unpaired) electrons. The van der Waals surface area contributed by atoms with E-state index in [1.165, 1.54) is 16.7 Å². The minimum absolute atomic E-state index is 0.167. The summed E-state index contributed by atoms with van der Waals surface area (Å²) >= 11 is 3.77. The molecule has 0 bridgehead atoms. The Kier molecular flexibility index (Phi) is 5.30. The third-order valence-electron chi connectivity index (χ3n) is 4.30. The van der Waals surface area contributed by atoms with Crippen LogP contribution >= 0.6 is 25.2 Å². The van der Waals surface area contributed by atoms with E-state index in [9.17, 15) is 0 Å². The summed E-state index contributed by atoms with van der Waals surface area (Å²) in [5.74, 6) is 0. The van der Waals surface area contributed by atoms with E-state index in [1.54, 1.807) is 0 Å². The van der Waals surface area contributed by atoms with E-state index in [1.807, 2.05) is 0 Å². The maximum atomic E-state index is 3.77. The van der Waals surface area contributed by atoms with Gasteiger partial charge in [-0.1, -0.05) is 107 Å². The summed E-state index contributed by atoms with van der Waals surface area (Å²) < 4.78 is 0.322. The van der Waals surface area contributed by atoms with Gasteiger partial charge in [-0.3, -0.25) is 0 Å². The highest BCUT2D eigenvalue weighted by Crippen LogP contribution is 2.44. The molecular weight excluding hydrogens is 363 g/mol. The van der Waals surface area contributed by atoms with E-state index in [0.717, 1.165) is 6.42 Å². The zero-order valence-corrected chi connectivity index (χ0v) is 15.6. The first-order chi connectivity index (χ1) is 11.2. The van der Waals surface area contributed by atoms with Gasteiger partial charge in [0.15, 0.2) is 0 Å². The Bertz CT molecular complexity index is 627. The van der Waals surface area contributed by atoms with Crippen LogP contribution in [0.4, 0.5) is 0 Å². The molecule has 3 aromatic rings. The minimum Gasteiger partial charge on any atom is -0.123 e. The van der Waals surface area contributed by atoms with Crippen LogP contribution in [0.5, 0.6) is 0 Å². The lowest BCUT2D eigenvalue weighted by atomic mass is 9.68. The molecule has 0 N–H and O–H groups in total. The maximum absolute atomic E-state index is 3.77. The second-order valence-electron chi connectivity index (χ2n) is 5.72. The lowest BCUT2D eigenvalue weighted by molar-refractivity contribution is 0.591. The van der Waals surface area contributed by atoms with E-state index < -0.39 is 0 Å². The Balaban J connectivity index is 2.30. The van der Waals surface area contributed by atoms with Crippen molar-refractivity contribution < 1.29 is 0 Å². The standard InChI is InChI=1S/C21H20BrP/c22-20(23)16-21(17-10-4-1-5-11-17,18-12-6-2-7-13-18)19-14-8-3-9-15-19/h1-15,20H,16,23H2. The van der Waals surface area contributed by atoms with Gasteiger partial charge in [0.1, 0.15) is 0 Å². The molecular formula is C21H20BrP. The molecule has 0 nitrogen and oxygen atoms in total. The lowest BCUT2D eigenvalue weighted by Crippen LogP contribution is -2.31. The van der Waals surface area contributed by atoms with Gasteiger partial charge in [-0.2, -0.15) is 0 Å². The predicted octanol–water partition coefficient (Wildman–Crippen LogP) is 6.01. The van der Waals surface area contributed by atoms with Crippen molar-refractivity contribution in [3.8, 4) is 0 Å². The summed E-state index contributed by atoms with van der Waals surface area (Å²) in [5.41, 5.74) is 3.80. The first-order valence-corrected chi connectivity index (χ1v) is 9.38. The molecule has 0 aliphatic carbocycles. The van der Waals surface area contributed by atoms with Crippen LogP contribution in [0.3, 0.4) is 0 Å². The van der Waals surface area contributed by atoms with Crippen molar-refractivity contribution in [3.63, 3.8) is 0 Å². The van der Waals surface area contributed by atoms with Crippen LogP contribution in [-0.4, -0.2) is 4.57 Å². The van der Waals surface area contributed by atoms with Gasteiger partial charge in [-0.25, -0.2) is 0 Å². The number of hydrogen-bond acceptors (Lipinski definition) is 0. The summed E-state index contributed by atoms with van der Waals surface area (Å²) in [4.78, 5) is 0. The molecule has 3 aromatic carbocycles. The van der Waals surface area contributed by atoms with Gasteiger partial charge >= 0.3 is 0 Å². The quantitative estimate of drug-likeness (QED) is 0.288. The molecule has 116 valence electrons. The summed E-state index contributed by atoms with van der Waals surface area (Å²) in [7, 11) is 2.89. The molecule has 2 atom stereocenters. The molecule has 0 saturated heterocycles. The third kappa shape index (κ3) is 3.42. The van der Waals surface area contributed by atoms with Gasteiger partial charge in [0.25, 0.3) is 0 Å². The molecule has 0 heterocycles. The Morgan fingerprint density at radius 1 is 0.652 bits per heavy atom. The molecule has 0 saturated carbocycles. The van der Waals surface area contributed by atoms with E-state index >= 15 is 0 Å². The van der Waals surface area contributed by atoms with Crippen LogP contribution in [0.15, 0.2) is 91.0 Å². The number of halogens is 1. The summed E-state index contributed by atoms with van der Waals surface area (Å²) in [6.45, 7) is 0. The number of rotatable bonds is 5. The van der Waals surface area contributed by atoms with Gasteiger partial charge in [-0.05, 0) is 23.1 Å². The van der Waals surface area contributed by atoms with E-state index in [-0.39, 0.29) is 5.41 Å². The molecule has 0 spiro atoms. The average molecular weight is 383 g/mol. The van der Waals surface area contributed by atoms with Gasteiger partial charge in [0.05, 0.1) is 0 Å². The lowest BCUT2D eigenvalue weighted by Gasteiger charge is -2.37. The maximum Gasteiger partial charge on any atom is 0.0465 e. The normalized spacial score (nSPS) is 12.8. The Morgan fingerprint density at radius 2 is 0.957 bits per heavy atom. The molecule has 0 amide bonds. The van der Waals surface area contributed by atoms with E-state index in [0.29, 0.717) is 4.57 Å². The fraction of sp³-hybridized carbons (Fsp3) is 0.143. The van der Waals surface area contributed by atoms with Crippen molar-refractivity contribution in [2.24, 2.45) is 0 Å². The Labute approximate surface area is 149 Å². The van der Waals surface area contributed by atoms with Crippen molar-refractivity contribution in [2.75, 3.05) is 0 Å². The summed E-state index contributed by atoms with van der Waals surface area (Å²) in [6.07, 6.45) is 0.968. The fourth-order valence-corrected chi connectivity index (χ4v) is 4.15. The molecule has 0 aliphatic rings. The summed E-state index contributed by atoms with van der Waals surface area (Å²) in [6, 6.07) is 32.4. The number of hydrogen-bond donors (Lipinski definition) is 0. The van der Waals surface area contributed by atoms with Gasteiger partial charge in [0.2, 0.25) is 0 Å². The van der Waals surface area contributed by atoms with Gasteiger partial charge in [0, 0.05) is 9.98 Å². The Morgan fingerprint density at radius 3 is 1.22 bits per heavy atom. The molecule has 23 heavy (non-hydrogen) atoms. The predicted molar refractivity (Wildman–Crippen MR) is 106 cm³/mol. The van der Waals surface area contributed by atoms with Crippen LogP contribution in [0, 0.1) is 0 Å². The van der Waals surface area contributed by atoms with Crippen LogP contribution in [0.2, 0.25) is 0 Å². The largest absolute Gasteiger partial charge is 0.123 e. The van der Waals surface area contributed by atoms with Crippen molar-refractivity contribution in [2.45, 2.75) is 16.4 Å². The van der Waals surface area contributed by atoms with E-state index in [4.69, 9.17) is 0 Å². The Hall–Kier alpha value is -1.43. The monoisotopic (exact) mass is 382 g/mol. The van der Waals surface area contributed by atoms with Crippen molar-refractivity contribution >= 4 is 25.2 Å². The molecule has 3 rings (SSSR count). The van der Waals surface area contributed by atoms with E-state index in [2.05, 4.69) is 116 Å². The van der Waals surface area contributed by atoms with Crippen LogP contribution < -0.4 is 0 Å². The molecule has 0 aliphatic heterocycles. The van der Waals surface area contributed by atoms with Gasteiger partial charge in [-0.15, -0.1) is 9.24 Å². The third-order valence-corrected chi connectivity index (χ3v) is 4.86. The SMILES string of the molecule is PC(Br)CC(c1ccccc1)(c1ccccc1)c1ccccc1. The number of benzene rings is 3.